The minimum atomic E-state index is -1.14. The first-order chi connectivity index (χ1) is 17.4. The van der Waals surface area contributed by atoms with Crippen LogP contribution in [-0.4, -0.2) is 56.8 Å². The van der Waals surface area contributed by atoms with Crippen LogP contribution in [0.1, 0.15) is 22.8 Å². The van der Waals surface area contributed by atoms with E-state index in [1.54, 1.807) is 25.3 Å². The first-order valence-corrected chi connectivity index (χ1v) is 11.2. The molecular formula is C24H24FN7O4. The third-order valence-electron chi connectivity index (χ3n) is 5.65. The summed E-state index contributed by atoms with van der Waals surface area (Å²) in [7, 11) is 1.38. The molecule has 1 aromatic carbocycles. The Morgan fingerprint density at radius 2 is 2.06 bits per heavy atom. The van der Waals surface area contributed by atoms with Gasteiger partial charge in [0.1, 0.15) is 23.3 Å². The predicted octanol–water partition coefficient (Wildman–Crippen LogP) is 2.39. The molecule has 1 aliphatic rings. The molecule has 1 unspecified atom stereocenters. The van der Waals surface area contributed by atoms with Crippen molar-refractivity contribution in [3.8, 4) is 17.0 Å². The van der Waals surface area contributed by atoms with Gasteiger partial charge in [0.25, 0.3) is 5.91 Å². The lowest BCUT2D eigenvalue weighted by Gasteiger charge is -2.17. The zero-order chi connectivity index (χ0) is 25.2. The summed E-state index contributed by atoms with van der Waals surface area (Å²) in [6, 6.07) is 8.58. The highest BCUT2D eigenvalue weighted by Gasteiger charge is 2.20. The van der Waals surface area contributed by atoms with E-state index in [1.165, 1.54) is 23.9 Å². The molecule has 4 N–H and O–H groups in total. The topological polar surface area (TPSA) is 135 Å². The normalized spacial score (nSPS) is 16.6. The van der Waals surface area contributed by atoms with Gasteiger partial charge in [-0.1, -0.05) is 12.1 Å². The molecule has 0 saturated carbocycles. The van der Waals surface area contributed by atoms with Crippen molar-refractivity contribution in [2.45, 2.75) is 26.0 Å². The fourth-order valence-electron chi connectivity index (χ4n) is 3.81. The molecule has 1 amide bonds. The van der Waals surface area contributed by atoms with Crippen LogP contribution >= 0.6 is 0 Å². The van der Waals surface area contributed by atoms with E-state index in [2.05, 4.69) is 26.0 Å². The molecule has 0 aliphatic carbocycles. The third kappa shape index (κ3) is 4.76. The number of benzene rings is 1. The predicted molar refractivity (Wildman–Crippen MR) is 129 cm³/mol. The molecule has 11 nitrogen and oxygen atoms in total. The molecule has 1 aliphatic heterocycles. The first-order valence-electron chi connectivity index (χ1n) is 11.2. The molecule has 2 bridgehead atoms. The summed E-state index contributed by atoms with van der Waals surface area (Å²) in [4.78, 5) is 21.7. The summed E-state index contributed by atoms with van der Waals surface area (Å²) in [5.74, 6) is -0.113. The van der Waals surface area contributed by atoms with E-state index in [9.17, 15) is 14.3 Å². The van der Waals surface area contributed by atoms with Crippen molar-refractivity contribution in [2.24, 2.45) is 0 Å². The second kappa shape index (κ2) is 9.76. The van der Waals surface area contributed by atoms with Gasteiger partial charge in [0.15, 0.2) is 5.65 Å². The van der Waals surface area contributed by atoms with E-state index in [0.29, 0.717) is 33.8 Å². The molecule has 4 heterocycles. The van der Waals surface area contributed by atoms with Gasteiger partial charge in [0.2, 0.25) is 12.3 Å². The maximum Gasteiger partial charge on any atom is 0.256 e. The van der Waals surface area contributed by atoms with Gasteiger partial charge in [-0.25, -0.2) is 18.9 Å². The number of halogens is 1. The molecule has 186 valence electrons. The quantitative estimate of drug-likeness (QED) is 0.316. The van der Waals surface area contributed by atoms with Crippen LogP contribution in [0, 0.1) is 5.82 Å². The third-order valence-corrected chi connectivity index (χ3v) is 5.65. The van der Waals surface area contributed by atoms with Crippen LogP contribution in [0.5, 0.6) is 5.88 Å². The van der Waals surface area contributed by atoms with Crippen molar-refractivity contribution < 1.29 is 23.8 Å². The van der Waals surface area contributed by atoms with Crippen molar-refractivity contribution in [1.82, 2.24) is 24.9 Å². The second-order valence-corrected chi connectivity index (χ2v) is 8.25. The van der Waals surface area contributed by atoms with Gasteiger partial charge in [-0.2, -0.15) is 5.10 Å². The number of amides is 1. The molecule has 0 radical (unpaired) electrons. The standard InChI is InChI=1S/C24H24FN7O4/c1-13-8-27-22(33)18-11-29-32-12-19(14-3-5-17(6-4-14)30-24(34)35-2)20(31-21(18)32)26-9-15-7-16(25)10-28-23(15)36-13/h3-7,10-13,24,30,34H,8-9H2,1-2H3,(H,26,31)(H,27,33)/t13-,24?/m0/s1. The lowest BCUT2D eigenvalue weighted by molar-refractivity contribution is -0.0509. The average molecular weight is 493 g/mol. The zero-order valence-electron chi connectivity index (χ0n) is 19.5. The zero-order valence-corrected chi connectivity index (χ0v) is 19.5. The summed E-state index contributed by atoms with van der Waals surface area (Å²) in [6.07, 6.45) is 2.76. The molecule has 36 heavy (non-hydrogen) atoms. The van der Waals surface area contributed by atoms with E-state index >= 15 is 0 Å². The number of fused-ring (bicyclic) bond motifs is 2. The smallest absolute Gasteiger partial charge is 0.256 e. The van der Waals surface area contributed by atoms with Gasteiger partial charge in [-0.05, 0) is 30.7 Å². The summed E-state index contributed by atoms with van der Waals surface area (Å²) < 4.78 is 26.3. The highest BCUT2D eigenvalue weighted by molar-refractivity contribution is 6.00. The fraction of sp³-hybridized carbons (Fsp3) is 0.250. The number of aliphatic hydroxyl groups is 1. The number of hydrogen-bond donors (Lipinski definition) is 4. The van der Waals surface area contributed by atoms with Gasteiger partial charge in [-0.15, -0.1) is 0 Å². The van der Waals surface area contributed by atoms with Gasteiger partial charge in [0.05, 0.1) is 18.9 Å². The second-order valence-electron chi connectivity index (χ2n) is 8.25. The largest absolute Gasteiger partial charge is 0.473 e. The van der Waals surface area contributed by atoms with Crippen molar-refractivity contribution in [2.75, 3.05) is 24.3 Å². The van der Waals surface area contributed by atoms with Gasteiger partial charge < -0.3 is 30.5 Å². The van der Waals surface area contributed by atoms with E-state index < -0.39 is 18.3 Å². The van der Waals surface area contributed by atoms with Crippen LogP contribution < -0.4 is 20.7 Å². The Bertz CT molecular complexity index is 1410. The van der Waals surface area contributed by atoms with Gasteiger partial charge >= 0.3 is 0 Å². The SMILES string of the molecule is COC(O)Nc1ccc(-c2cn3ncc4c3nc2NCc2cc(F)cnc2O[C@@H](C)CNC4=O)cc1. The Balaban J connectivity index is 1.58. The monoisotopic (exact) mass is 493 g/mol. The van der Waals surface area contributed by atoms with Gasteiger partial charge in [-0.3, -0.25) is 4.79 Å². The number of aromatic nitrogens is 4. The molecule has 4 aromatic rings. The Kier molecular flexibility index (Phi) is 6.36. The Morgan fingerprint density at radius 1 is 1.25 bits per heavy atom. The van der Waals surface area contributed by atoms with E-state index in [1.807, 2.05) is 12.1 Å². The fourth-order valence-corrected chi connectivity index (χ4v) is 3.81. The first kappa shape index (κ1) is 23.5. The number of pyridine rings is 1. The van der Waals surface area contributed by atoms with Crippen molar-refractivity contribution >= 4 is 23.1 Å². The van der Waals surface area contributed by atoms with Crippen LogP contribution in [0.15, 0.2) is 48.9 Å². The molecule has 2 atom stereocenters. The van der Waals surface area contributed by atoms with Crippen LogP contribution in [0.4, 0.5) is 15.9 Å². The van der Waals surface area contributed by atoms with Crippen molar-refractivity contribution in [1.29, 1.82) is 0 Å². The number of carbonyl (C=O) groups excluding carboxylic acids is 1. The van der Waals surface area contributed by atoms with Crippen molar-refractivity contribution in [3.63, 3.8) is 0 Å². The summed E-state index contributed by atoms with van der Waals surface area (Å²) in [5, 5.41) is 22.8. The lowest BCUT2D eigenvalue weighted by atomic mass is 10.1. The molecule has 12 heteroatoms. The van der Waals surface area contributed by atoms with Crippen molar-refractivity contribution in [3.05, 3.63) is 65.9 Å². The number of rotatable bonds is 4. The Morgan fingerprint density at radius 3 is 2.83 bits per heavy atom. The minimum Gasteiger partial charge on any atom is -0.473 e. The number of carbonyl (C=O) groups is 1. The van der Waals surface area contributed by atoms with E-state index in [-0.39, 0.29) is 24.9 Å². The Hall–Kier alpha value is -4.29. The highest BCUT2D eigenvalue weighted by atomic mass is 19.1. The number of methoxy groups -OCH3 is 1. The molecule has 0 saturated heterocycles. The Labute approximate surface area is 205 Å². The van der Waals surface area contributed by atoms with Gasteiger partial charge in [0, 0.05) is 36.7 Å². The van der Waals surface area contributed by atoms with E-state index in [4.69, 9.17) is 14.5 Å². The summed E-state index contributed by atoms with van der Waals surface area (Å²) in [6.45, 7) is 2.18. The van der Waals surface area contributed by atoms with Crippen LogP contribution in [0.2, 0.25) is 0 Å². The van der Waals surface area contributed by atoms with Crippen LogP contribution in [0.25, 0.3) is 16.8 Å². The minimum absolute atomic E-state index is 0.174. The number of nitrogens with zero attached hydrogens (tertiary/aromatic N) is 4. The average Bonchev–Trinajstić information content (AvgIpc) is 3.29. The maximum atomic E-state index is 14.0. The molecule has 0 fully saturated rings. The molecule has 0 spiro atoms. The molecule has 5 rings (SSSR count). The number of hydrogen-bond acceptors (Lipinski definition) is 9. The number of aliphatic hydroxyl groups excluding tert-OH is 1. The lowest BCUT2D eigenvalue weighted by Crippen LogP contribution is -2.33. The maximum absolute atomic E-state index is 14.0. The summed E-state index contributed by atoms with van der Waals surface area (Å²) in [5.41, 5.74) is 3.30. The molecular weight excluding hydrogens is 469 g/mol. The van der Waals surface area contributed by atoms with E-state index in [0.717, 1.165) is 11.8 Å². The number of anilines is 2. The number of nitrogens with one attached hydrogen (secondary N) is 3. The van der Waals surface area contributed by atoms with Crippen LogP contribution in [0.3, 0.4) is 0 Å². The summed E-state index contributed by atoms with van der Waals surface area (Å²) >= 11 is 0. The molecule has 3 aromatic heterocycles. The highest BCUT2D eigenvalue weighted by Crippen LogP contribution is 2.30. The van der Waals surface area contributed by atoms with Crippen LogP contribution in [-0.2, 0) is 11.3 Å². The number of ether oxygens (including phenoxy) is 2.